The Kier molecular flexibility index (Phi) is 8.06. The first-order valence-electron chi connectivity index (χ1n) is 15.6. The molecule has 0 unspecified atom stereocenters. The van der Waals surface area contributed by atoms with Gasteiger partial charge < -0.3 is 25.3 Å². The van der Waals surface area contributed by atoms with E-state index in [0.29, 0.717) is 11.9 Å². The molecule has 43 heavy (non-hydrogen) atoms. The van der Waals surface area contributed by atoms with E-state index in [1.165, 1.54) is 31.5 Å². The number of nitrogens with one attached hydrogen (secondary N) is 1. The summed E-state index contributed by atoms with van der Waals surface area (Å²) in [7, 11) is 1.78. The van der Waals surface area contributed by atoms with Crippen LogP contribution in [0.4, 0.5) is 5.82 Å². The molecule has 2 aromatic carbocycles. The van der Waals surface area contributed by atoms with E-state index in [-0.39, 0.29) is 6.04 Å². The fourth-order valence-electron chi connectivity index (χ4n) is 6.97. The summed E-state index contributed by atoms with van der Waals surface area (Å²) in [6, 6.07) is 17.6. The molecule has 7 rings (SSSR count). The molecule has 10 nitrogen and oxygen atoms in total. The molecule has 0 atom stereocenters. The van der Waals surface area contributed by atoms with Crippen molar-refractivity contribution >= 4 is 27.9 Å². The molecule has 2 aliphatic heterocycles. The minimum atomic E-state index is 0.282. The molecule has 2 aliphatic rings. The Hall–Kier alpha value is -3.86. The Labute approximate surface area is 252 Å². The van der Waals surface area contributed by atoms with Gasteiger partial charge in [-0.15, -0.1) is 0 Å². The number of fused-ring (bicyclic) bond motifs is 2. The smallest absolute Gasteiger partial charge is 0.164 e. The number of hydrogen-bond acceptors (Lipinski definition) is 8. The van der Waals surface area contributed by atoms with E-state index in [2.05, 4.69) is 71.9 Å². The van der Waals surface area contributed by atoms with Crippen molar-refractivity contribution in [3.05, 3.63) is 66.2 Å². The van der Waals surface area contributed by atoms with Crippen LogP contribution in [-0.2, 0) is 11.2 Å². The van der Waals surface area contributed by atoms with Crippen LogP contribution in [0.15, 0.2) is 54.9 Å². The van der Waals surface area contributed by atoms with Gasteiger partial charge in [0.25, 0.3) is 0 Å². The van der Waals surface area contributed by atoms with Gasteiger partial charge >= 0.3 is 0 Å². The van der Waals surface area contributed by atoms with E-state index in [1.54, 1.807) is 13.4 Å². The van der Waals surface area contributed by atoms with Crippen LogP contribution in [0.2, 0.25) is 0 Å². The third-order valence-corrected chi connectivity index (χ3v) is 9.28. The molecule has 3 aromatic heterocycles. The molecule has 2 saturated heterocycles. The van der Waals surface area contributed by atoms with Crippen LogP contribution in [0, 0.1) is 0 Å². The van der Waals surface area contributed by atoms with E-state index in [9.17, 15) is 0 Å². The highest BCUT2D eigenvalue weighted by molar-refractivity contribution is 5.99. The topological polar surface area (TPSA) is 114 Å². The molecule has 0 radical (unpaired) electrons. The quantitative estimate of drug-likeness (QED) is 0.242. The Morgan fingerprint density at radius 3 is 2.53 bits per heavy atom. The van der Waals surface area contributed by atoms with E-state index >= 15 is 0 Å². The lowest BCUT2D eigenvalue weighted by Gasteiger charge is -2.41. The average molecular weight is 580 g/mol. The molecular formula is C33H41N9O. The van der Waals surface area contributed by atoms with Crippen LogP contribution in [0.3, 0.4) is 0 Å². The molecule has 0 spiro atoms. The molecule has 5 aromatic rings. The Bertz CT molecular complexity index is 1660. The number of nitrogen functional groups attached to an aromatic ring is 1. The van der Waals surface area contributed by atoms with Crippen molar-refractivity contribution in [3.63, 3.8) is 0 Å². The van der Waals surface area contributed by atoms with E-state index < -0.39 is 0 Å². The lowest BCUT2D eigenvalue weighted by atomic mass is 9.98. The number of hydrogen-bond donors (Lipinski definition) is 2. The van der Waals surface area contributed by atoms with Gasteiger partial charge in [-0.05, 0) is 62.9 Å². The number of ether oxygens (including phenoxy) is 1. The fourth-order valence-corrected chi connectivity index (χ4v) is 6.97. The third kappa shape index (κ3) is 5.87. The number of benzene rings is 2. The summed E-state index contributed by atoms with van der Waals surface area (Å²) in [6.45, 7) is 6.53. The van der Waals surface area contributed by atoms with Gasteiger partial charge in [0.05, 0.1) is 22.5 Å². The maximum Gasteiger partial charge on any atom is 0.164 e. The molecule has 10 heteroatoms. The number of aromatic amines is 1. The number of piperidine rings is 2. The minimum absolute atomic E-state index is 0.282. The number of rotatable bonds is 9. The lowest BCUT2D eigenvalue weighted by Crippen LogP contribution is -2.48. The first-order chi connectivity index (χ1) is 21.2. The normalized spacial score (nSPS) is 17.8. The predicted molar refractivity (Wildman–Crippen MR) is 170 cm³/mol. The molecule has 0 amide bonds. The van der Waals surface area contributed by atoms with Crippen LogP contribution >= 0.6 is 0 Å². The summed E-state index contributed by atoms with van der Waals surface area (Å²) in [5, 5.41) is 6.00. The number of nitrogens with zero attached hydrogens (tertiary/aromatic N) is 7. The number of aromatic nitrogens is 6. The number of H-pyrrole nitrogens is 1. The zero-order valence-corrected chi connectivity index (χ0v) is 25.0. The SMILES string of the molecule is COCCCN1CCC(N2CCC(n3nc(-c4ccc5nc(Cc6ccccc6)[nH]c5c4)c4c(N)ncnc43)CC2)CC1. The first-order valence-corrected chi connectivity index (χ1v) is 15.6. The molecule has 224 valence electrons. The summed E-state index contributed by atoms with van der Waals surface area (Å²) in [4.78, 5) is 22.7. The van der Waals surface area contributed by atoms with Crippen molar-refractivity contribution < 1.29 is 4.74 Å². The maximum atomic E-state index is 6.47. The van der Waals surface area contributed by atoms with Crippen molar-refractivity contribution in [2.75, 3.05) is 52.2 Å². The average Bonchev–Trinajstić information content (AvgIpc) is 3.64. The predicted octanol–water partition coefficient (Wildman–Crippen LogP) is 4.68. The molecule has 0 aliphatic carbocycles. The second-order valence-corrected chi connectivity index (χ2v) is 12.0. The number of methoxy groups -OCH3 is 1. The zero-order valence-electron chi connectivity index (χ0n) is 25.0. The van der Waals surface area contributed by atoms with E-state index in [0.717, 1.165) is 91.1 Å². The molecular weight excluding hydrogens is 538 g/mol. The van der Waals surface area contributed by atoms with Crippen molar-refractivity contribution in [1.82, 2.24) is 39.5 Å². The zero-order chi connectivity index (χ0) is 29.2. The second-order valence-electron chi connectivity index (χ2n) is 12.0. The summed E-state index contributed by atoms with van der Waals surface area (Å²) < 4.78 is 7.35. The Balaban J connectivity index is 1.08. The molecule has 0 bridgehead atoms. The monoisotopic (exact) mass is 579 g/mol. The van der Waals surface area contributed by atoms with Crippen LogP contribution in [-0.4, -0.2) is 92.0 Å². The van der Waals surface area contributed by atoms with Crippen LogP contribution in [0.1, 0.15) is 49.5 Å². The molecule has 3 N–H and O–H groups in total. The largest absolute Gasteiger partial charge is 0.385 e. The third-order valence-electron chi connectivity index (χ3n) is 9.28. The van der Waals surface area contributed by atoms with Gasteiger partial charge in [0.1, 0.15) is 23.7 Å². The van der Waals surface area contributed by atoms with Crippen molar-refractivity contribution in [2.45, 2.75) is 50.6 Å². The van der Waals surface area contributed by atoms with E-state index in [4.69, 9.17) is 20.6 Å². The van der Waals surface area contributed by atoms with Gasteiger partial charge in [-0.2, -0.15) is 5.10 Å². The van der Waals surface area contributed by atoms with Crippen LogP contribution < -0.4 is 5.73 Å². The molecule has 0 saturated carbocycles. The molecule has 5 heterocycles. The highest BCUT2D eigenvalue weighted by Crippen LogP contribution is 2.35. The van der Waals surface area contributed by atoms with Gasteiger partial charge in [-0.3, -0.25) is 0 Å². The van der Waals surface area contributed by atoms with Crippen LogP contribution in [0.25, 0.3) is 33.3 Å². The Morgan fingerprint density at radius 1 is 0.953 bits per heavy atom. The van der Waals surface area contributed by atoms with Crippen LogP contribution in [0.5, 0.6) is 0 Å². The minimum Gasteiger partial charge on any atom is -0.385 e. The Morgan fingerprint density at radius 2 is 1.74 bits per heavy atom. The van der Waals surface area contributed by atoms with Gasteiger partial charge in [-0.1, -0.05) is 36.4 Å². The van der Waals surface area contributed by atoms with Gasteiger partial charge in [0, 0.05) is 51.4 Å². The first kappa shape index (κ1) is 27.9. The summed E-state index contributed by atoms with van der Waals surface area (Å²) >= 11 is 0. The standard InChI is InChI=1S/C33H41N9O/c1-43-19-5-14-40-15-10-25(11-16-40)41-17-12-26(13-18-41)42-33-30(32(34)35-22-36-33)31(39-42)24-8-9-27-28(21-24)38-29(37-27)20-23-6-3-2-4-7-23/h2-4,6-9,21-22,25-26H,5,10-20H2,1H3,(H,37,38)(H2,34,35,36). The molecule has 2 fully saturated rings. The number of nitrogens with two attached hydrogens (primary N) is 1. The second kappa shape index (κ2) is 12.4. The lowest BCUT2D eigenvalue weighted by molar-refractivity contribution is 0.0742. The number of likely N-dealkylation sites (tertiary alicyclic amines) is 2. The summed E-state index contributed by atoms with van der Waals surface area (Å²) in [5.74, 6) is 1.41. The highest BCUT2D eigenvalue weighted by atomic mass is 16.5. The summed E-state index contributed by atoms with van der Waals surface area (Å²) in [6.07, 6.45) is 8.04. The fraction of sp³-hybridized carbons (Fsp3) is 0.455. The van der Waals surface area contributed by atoms with Crippen molar-refractivity contribution in [1.29, 1.82) is 0 Å². The van der Waals surface area contributed by atoms with Gasteiger partial charge in [0.15, 0.2) is 5.65 Å². The highest BCUT2D eigenvalue weighted by Gasteiger charge is 2.30. The van der Waals surface area contributed by atoms with Crippen molar-refractivity contribution in [2.24, 2.45) is 0 Å². The van der Waals surface area contributed by atoms with Crippen molar-refractivity contribution in [3.8, 4) is 11.3 Å². The van der Waals surface area contributed by atoms with E-state index in [1.807, 2.05) is 6.07 Å². The summed E-state index contributed by atoms with van der Waals surface area (Å²) in [5.41, 5.74) is 12.3. The number of anilines is 1. The number of imidazole rings is 1. The van der Waals surface area contributed by atoms with Gasteiger partial charge in [-0.25, -0.2) is 19.6 Å². The maximum absolute atomic E-state index is 6.47. The van der Waals surface area contributed by atoms with Gasteiger partial charge in [0.2, 0.25) is 0 Å².